The summed E-state index contributed by atoms with van der Waals surface area (Å²) >= 11 is 0. The van der Waals surface area contributed by atoms with Gasteiger partial charge in [-0.05, 0) is 44.7 Å². The van der Waals surface area contributed by atoms with Gasteiger partial charge in [0.1, 0.15) is 0 Å². The van der Waals surface area contributed by atoms with Crippen LogP contribution in [-0.4, -0.2) is 37.0 Å². The third-order valence-corrected chi connectivity index (χ3v) is 3.71. The average Bonchev–Trinajstić information content (AvgIpc) is 2.52. The van der Waals surface area contributed by atoms with Gasteiger partial charge in [-0.25, -0.2) is 0 Å². The molecule has 17 heavy (non-hydrogen) atoms. The Morgan fingerprint density at radius 1 is 1.29 bits per heavy atom. The van der Waals surface area contributed by atoms with Gasteiger partial charge in [-0.15, -0.1) is 0 Å². The second kappa shape index (κ2) is 8.51. The third-order valence-electron chi connectivity index (χ3n) is 3.71. The lowest BCUT2D eigenvalue weighted by Crippen LogP contribution is -2.33. The summed E-state index contributed by atoms with van der Waals surface area (Å²) < 4.78 is 0. The van der Waals surface area contributed by atoms with Gasteiger partial charge in [-0.3, -0.25) is 4.79 Å². The first-order chi connectivity index (χ1) is 8.27. The van der Waals surface area contributed by atoms with Gasteiger partial charge in [0.05, 0.1) is 0 Å². The molecule has 100 valence electrons. The first-order valence-corrected chi connectivity index (χ1v) is 7.26. The molecule has 1 atom stereocenters. The van der Waals surface area contributed by atoms with E-state index in [1.54, 1.807) is 0 Å². The highest BCUT2D eigenvalue weighted by Crippen LogP contribution is 2.20. The normalized spacial score (nSPS) is 21.6. The summed E-state index contributed by atoms with van der Waals surface area (Å²) in [5.41, 5.74) is 0. The molecule has 0 bridgehead atoms. The van der Waals surface area contributed by atoms with E-state index in [9.17, 15) is 4.79 Å². The second-order valence-corrected chi connectivity index (χ2v) is 5.09. The van der Waals surface area contributed by atoms with Crippen molar-refractivity contribution in [2.45, 2.75) is 52.4 Å². The molecule has 1 unspecified atom stereocenters. The summed E-state index contributed by atoms with van der Waals surface area (Å²) in [5.74, 6) is 1.14. The van der Waals surface area contributed by atoms with Gasteiger partial charge in [0.15, 0.2) is 0 Å². The van der Waals surface area contributed by atoms with Crippen LogP contribution < -0.4 is 5.32 Å². The third kappa shape index (κ3) is 5.53. The number of likely N-dealkylation sites (tertiary alicyclic amines) is 1. The Morgan fingerprint density at radius 2 is 2.12 bits per heavy atom. The van der Waals surface area contributed by atoms with Crippen LogP contribution in [0.4, 0.5) is 0 Å². The number of hydrogen-bond donors (Lipinski definition) is 1. The van der Waals surface area contributed by atoms with Gasteiger partial charge >= 0.3 is 0 Å². The van der Waals surface area contributed by atoms with Crippen molar-refractivity contribution in [2.75, 3.05) is 26.2 Å². The average molecular weight is 240 g/mol. The molecule has 1 amide bonds. The molecule has 1 heterocycles. The summed E-state index contributed by atoms with van der Waals surface area (Å²) in [6, 6.07) is 0. The number of amides is 1. The maximum Gasteiger partial charge on any atom is 0.222 e. The SMILES string of the molecule is CCCNCCCN1CCC(CC)CCC1=O. The molecule has 0 radical (unpaired) electrons. The Bertz CT molecular complexity index is 218. The van der Waals surface area contributed by atoms with Crippen molar-refractivity contribution in [3.8, 4) is 0 Å². The summed E-state index contributed by atoms with van der Waals surface area (Å²) in [4.78, 5) is 14.0. The standard InChI is InChI=1S/C14H28N2O/c1-3-9-15-10-5-11-16-12-8-13(4-2)6-7-14(16)17/h13,15H,3-12H2,1-2H3. The van der Waals surface area contributed by atoms with Crippen LogP contribution in [0.1, 0.15) is 52.4 Å². The predicted octanol–water partition coefficient (Wildman–Crippen LogP) is 2.41. The molecular weight excluding hydrogens is 212 g/mol. The van der Waals surface area contributed by atoms with E-state index in [1.165, 1.54) is 19.3 Å². The van der Waals surface area contributed by atoms with Crippen LogP contribution in [0.25, 0.3) is 0 Å². The lowest BCUT2D eigenvalue weighted by Gasteiger charge is -2.20. The van der Waals surface area contributed by atoms with Gasteiger partial charge < -0.3 is 10.2 Å². The highest BCUT2D eigenvalue weighted by molar-refractivity contribution is 5.76. The quantitative estimate of drug-likeness (QED) is 0.693. The van der Waals surface area contributed by atoms with E-state index in [2.05, 4.69) is 24.1 Å². The molecule has 1 aliphatic heterocycles. The van der Waals surface area contributed by atoms with Crippen LogP contribution in [0.5, 0.6) is 0 Å². The predicted molar refractivity (Wildman–Crippen MR) is 72.0 cm³/mol. The molecule has 1 fully saturated rings. The molecule has 3 heteroatoms. The molecule has 0 aromatic rings. The van der Waals surface area contributed by atoms with Crippen molar-refractivity contribution in [1.82, 2.24) is 10.2 Å². The maximum absolute atomic E-state index is 11.9. The molecule has 0 aromatic carbocycles. The van der Waals surface area contributed by atoms with Crippen molar-refractivity contribution < 1.29 is 4.79 Å². The van der Waals surface area contributed by atoms with Crippen LogP contribution in [0.3, 0.4) is 0 Å². The summed E-state index contributed by atoms with van der Waals surface area (Å²) in [6.45, 7) is 8.45. The molecule has 1 aliphatic rings. The summed E-state index contributed by atoms with van der Waals surface area (Å²) in [5, 5.41) is 3.39. The van der Waals surface area contributed by atoms with Crippen LogP contribution >= 0.6 is 0 Å². The van der Waals surface area contributed by atoms with E-state index in [-0.39, 0.29) is 0 Å². The molecule has 0 aromatic heterocycles. The second-order valence-electron chi connectivity index (χ2n) is 5.09. The fraction of sp³-hybridized carbons (Fsp3) is 0.929. The van der Waals surface area contributed by atoms with E-state index < -0.39 is 0 Å². The molecular formula is C14H28N2O. The molecule has 1 saturated heterocycles. The van der Waals surface area contributed by atoms with E-state index in [0.29, 0.717) is 5.91 Å². The van der Waals surface area contributed by atoms with E-state index >= 15 is 0 Å². The van der Waals surface area contributed by atoms with Gasteiger partial charge in [-0.2, -0.15) is 0 Å². The first-order valence-electron chi connectivity index (χ1n) is 7.26. The maximum atomic E-state index is 11.9. The van der Waals surface area contributed by atoms with Gasteiger partial charge in [0.25, 0.3) is 0 Å². The van der Waals surface area contributed by atoms with Crippen molar-refractivity contribution >= 4 is 5.91 Å². The van der Waals surface area contributed by atoms with Crippen LogP contribution in [0.2, 0.25) is 0 Å². The number of hydrogen-bond acceptors (Lipinski definition) is 2. The Balaban J connectivity index is 2.20. The molecule has 0 saturated carbocycles. The lowest BCUT2D eigenvalue weighted by molar-refractivity contribution is -0.130. The number of carbonyl (C=O) groups is 1. The number of carbonyl (C=O) groups excluding carboxylic acids is 1. The Labute approximate surface area is 106 Å². The molecule has 1 N–H and O–H groups in total. The minimum Gasteiger partial charge on any atom is -0.343 e. The summed E-state index contributed by atoms with van der Waals surface area (Å²) in [7, 11) is 0. The Morgan fingerprint density at radius 3 is 2.82 bits per heavy atom. The van der Waals surface area contributed by atoms with Crippen molar-refractivity contribution in [3.63, 3.8) is 0 Å². The zero-order chi connectivity index (χ0) is 12.5. The largest absolute Gasteiger partial charge is 0.343 e. The van der Waals surface area contributed by atoms with Crippen molar-refractivity contribution in [2.24, 2.45) is 5.92 Å². The van der Waals surface area contributed by atoms with Gasteiger partial charge in [0, 0.05) is 19.5 Å². The minimum absolute atomic E-state index is 0.372. The Kier molecular flexibility index (Phi) is 7.25. The monoisotopic (exact) mass is 240 g/mol. The molecule has 0 aliphatic carbocycles. The van der Waals surface area contributed by atoms with Crippen LogP contribution in [0, 0.1) is 5.92 Å². The van der Waals surface area contributed by atoms with Crippen LogP contribution in [-0.2, 0) is 4.79 Å². The van der Waals surface area contributed by atoms with E-state index in [0.717, 1.165) is 51.4 Å². The molecule has 3 nitrogen and oxygen atoms in total. The Hall–Kier alpha value is -0.570. The number of rotatable bonds is 7. The minimum atomic E-state index is 0.372. The van der Waals surface area contributed by atoms with Gasteiger partial charge in [0.2, 0.25) is 5.91 Å². The molecule has 1 rings (SSSR count). The summed E-state index contributed by atoms with van der Waals surface area (Å²) in [6.07, 6.45) is 6.55. The first kappa shape index (κ1) is 14.5. The highest BCUT2D eigenvalue weighted by Gasteiger charge is 2.20. The van der Waals surface area contributed by atoms with Gasteiger partial charge in [-0.1, -0.05) is 20.3 Å². The number of nitrogens with one attached hydrogen (secondary N) is 1. The lowest BCUT2D eigenvalue weighted by atomic mass is 9.98. The smallest absolute Gasteiger partial charge is 0.222 e. The topological polar surface area (TPSA) is 32.3 Å². The fourth-order valence-corrected chi connectivity index (χ4v) is 2.43. The van der Waals surface area contributed by atoms with E-state index in [4.69, 9.17) is 0 Å². The highest BCUT2D eigenvalue weighted by atomic mass is 16.2. The zero-order valence-electron chi connectivity index (χ0n) is 11.5. The number of nitrogens with zero attached hydrogens (tertiary/aromatic N) is 1. The van der Waals surface area contributed by atoms with Crippen molar-refractivity contribution in [3.05, 3.63) is 0 Å². The molecule has 0 spiro atoms. The van der Waals surface area contributed by atoms with Crippen molar-refractivity contribution in [1.29, 1.82) is 0 Å². The fourth-order valence-electron chi connectivity index (χ4n) is 2.43. The van der Waals surface area contributed by atoms with E-state index in [1.807, 2.05) is 0 Å². The zero-order valence-corrected chi connectivity index (χ0v) is 11.5. The van der Waals surface area contributed by atoms with Crippen LogP contribution in [0.15, 0.2) is 0 Å².